The molecule has 0 aliphatic carbocycles. The van der Waals surface area contributed by atoms with Crippen molar-refractivity contribution in [2.24, 2.45) is 0 Å². The molecule has 0 aliphatic heterocycles. The summed E-state index contributed by atoms with van der Waals surface area (Å²) in [6.07, 6.45) is 0. The van der Waals surface area contributed by atoms with Crippen molar-refractivity contribution in [3.05, 3.63) is 22.2 Å². The SMILES string of the molecule is CCN(CC)CCSc1cc(Cl)c(Cl)cc1N. The third-order valence-electron chi connectivity index (χ3n) is 2.61. The summed E-state index contributed by atoms with van der Waals surface area (Å²) in [4.78, 5) is 3.38. The molecule has 17 heavy (non-hydrogen) atoms. The average Bonchev–Trinajstić information content (AvgIpc) is 2.31. The van der Waals surface area contributed by atoms with Gasteiger partial charge in [-0.3, -0.25) is 0 Å². The van der Waals surface area contributed by atoms with Gasteiger partial charge in [-0.05, 0) is 25.2 Å². The molecular formula is C12H18Cl2N2S. The van der Waals surface area contributed by atoms with Crippen LogP contribution in [0, 0.1) is 0 Å². The molecular weight excluding hydrogens is 275 g/mol. The highest BCUT2D eigenvalue weighted by molar-refractivity contribution is 7.99. The van der Waals surface area contributed by atoms with Crippen molar-refractivity contribution >= 4 is 40.7 Å². The molecule has 0 aromatic heterocycles. The second kappa shape index (κ2) is 7.37. The Hall–Kier alpha value is -0.0900. The van der Waals surface area contributed by atoms with Crippen molar-refractivity contribution in [2.75, 3.05) is 31.1 Å². The van der Waals surface area contributed by atoms with E-state index in [4.69, 9.17) is 28.9 Å². The van der Waals surface area contributed by atoms with Gasteiger partial charge in [0.15, 0.2) is 0 Å². The zero-order valence-electron chi connectivity index (χ0n) is 10.2. The van der Waals surface area contributed by atoms with Crippen molar-refractivity contribution in [1.82, 2.24) is 4.90 Å². The Balaban J connectivity index is 2.55. The number of nitrogen functional groups attached to an aromatic ring is 1. The number of hydrogen-bond acceptors (Lipinski definition) is 3. The maximum Gasteiger partial charge on any atom is 0.0613 e. The molecule has 0 spiro atoms. The van der Waals surface area contributed by atoms with E-state index in [2.05, 4.69) is 18.7 Å². The summed E-state index contributed by atoms with van der Waals surface area (Å²) in [7, 11) is 0. The molecule has 0 fully saturated rings. The van der Waals surface area contributed by atoms with Gasteiger partial charge in [0.2, 0.25) is 0 Å². The van der Waals surface area contributed by atoms with Gasteiger partial charge in [-0.2, -0.15) is 0 Å². The first-order valence-electron chi connectivity index (χ1n) is 5.68. The Kier molecular flexibility index (Phi) is 6.49. The standard InChI is InChI=1S/C12H18Cl2N2S/c1-3-16(4-2)5-6-17-12-8-10(14)9(13)7-11(12)15/h7-8H,3-6,15H2,1-2H3. The molecule has 1 aromatic rings. The van der Waals surface area contributed by atoms with Crippen LogP contribution in [0.15, 0.2) is 17.0 Å². The number of rotatable bonds is 6. The van der Waals surface area contributed by atoms with Crippen molar-refractivity contribution in [3.63, 3.8) is 0 Å². The molecule has 2 nitrogen and oxygen atoms in total. The van der Waals surface area contributed by atoms with Crippen LogP contribution in [-0.4, -0.2) is 30.3 Å². The lowest BCUT2D eigenvalue weighted by Crippen LogP contribution is -2.25. The van der Waals surface area contributed by atoms with Crippen LogP contribution in [0.5, 0.6) is 0 Å². The molecule has 0 bridgehead atoms. The summed E-state index contributed by atoms with van der Waals surface area (Å²) >= 11 is 13.6. The van der Waals surface area contributed by atoms with E-state index in [-0.39, 0.29) is 0 Å². The first-order valence-corrected chi connectivity index (χ1v) is 7.42. The molecule has 1 rings (SSSR count). The molecule has 5 heteroatoms. The highest BCUT2D eigenvalue weighted by Gasteiger charge is 2.06. The fourth-order valence-electron chi connectivity index (χ4n) is 1.49. The van der Waals surface area contributed by atoms with E-state index >= 15 is 0 Å². The molecule has 1 aromatic carbocycles. The Morgan fingerprint density at radius 2 is 1.76 bits per heavy atom. The van der Waals surface area contributed by atoms with E-state index in [9.17, 15) is 0 Å². The van der Waals surface area contributed by atoms with Crippen LogP contribution in [-0.2, 0) is 0 Å². The van der Waals surface area contributed by atoms with E-state index in [1.807, 2.05) is 6.07 Å². The lowest BCUT2D eigenvalue weighted by molar-refractivity contribution is 0.324. The lowest BCUT2D eigenvalue weighted by atomic mass is 10.3. The van der Waals surface area contributed by atoms with Gasteiger partial charge in [-0.1, -0.05) is 37.0 Å². The molecule has 0 amide bonds. The Morgan fingerprint density at radius 3 is 2.35 bits per heavy atom. The molecule has 96 valence electrons. The smallest absolute Gasteiger partial charge is 0.0613 e. The first kappa shape index (κ1) is 15.0. The van der Waals surface area contributed by atoms with Crippen LogP contribution in [0.3, 0.4) is 0 Å². The monoisotopic (exact) mass is 292 g/mol. The minimum Gasteiger partial charge on any atom is -0.398 e. The van der Waals surface area contributed by atoms with Crippen molar-refractivity contribution < 1.29 is 0 Å². The van der Waals surface area contributed by atoms with Crippen molar-refractivity contribution in [2.45, 2.75) is 18.7 Å². The van der Waals surface area contributed by atoms with E-state index < -0.39 is 0 Å². The van der Waals surface area contributed by atoms with Crippen LogP contribution in [0.4, 0.5) is 5.69 Å². The highest BCUT2D eigenvalue weighted by atomic mass is 35.5. The number of halogens is 2. The topological polar surface area (TPSA) is 29.3 Å². The zero-order valence-corrected chi connectivity index (χ0v) is 12.5. The van der Waals surface area contributed by atoms with Gasteiger partial charge in [0.25, 0.3) is 0 Å². The maximum absolute atomic E-state index is 5.97. The minimum atomic E-state index is 0.511. The second-order valence-corrected chi connectivity index (χ2v) is 5.63. The van der Waals surface area contributed by atoms with Crippen LogP contribution >= 0.6 is 35.0 Å². The number of nitrogens with zero attached hydrogens (tertiary/aromatic N) is 1. The maximum atomic E-state index is 5.97. The molecule has 0 saturated heterocycles. The predicted octanol–water partition coefficient (Wildman–Crippen LogP) is 4.01. The summed E-state index contributed by atoms with van der Waals surface area (Å²) in [5, 5.41) is 1.07. The number of anilines is 1. The summed E-state index contributed by atoms with van der Waals surface area (Å²) < 4.78 is 0. The lowest BCUT2D eigenvalue weighted by Gasteiger charge is -2.17. The third kappa shape index (κ3) is 4.59. The molecule has 0 heterocycles. The van der Waals surface area contributed by atoms with Crippen LogP contribution in [0.25, 0.3) is 0 Å². The quantitative estimate of drug-likeness (QED) is 0.634. The summed E-state index contributed by atoms with van der Waals surface area (Å²) in [6.45, 7) is 7.54. The van der Waals surface area contributed by atoms with Gasteiger partial charge in [-0.25, -0.2) is 0 Å². The Bertz CT molecular complexity index is 368. The van der Waals surface area contributed by atoms with Gasteiger partial charge in [0, 0.05) is 22.9 Å². The molecule has 0 aliphatic rings. The molecule has 0 radical (unpaired) electrons. The van der Waals surface area contributed by atoms with Crippen molar-refractivity contribution in [3.8, 4) is 0 Å². The van der Waals surface area contributed by atoms with E-state index in [1.165, 1.54) is 0 Å². The van der Waals surface area contributed by atoms with Gasteiger partial charge < -0.3 is 10.6 Å². The summed E-state index contributed by atoms with van der Waals surface area (Å²) in [5.74, 6) is 1.00. The summed E-state index contributed by atoms with van der Waals surface area (Å²) in [5.41, 5.74) is 6.59. The predicted molar refractivity (Wildman–Crippen MR) is 79.4 cm³/mol. The zero-order chi connectivity index (χ0) is 12.8. The van der Waals surface area contributed by atoms with Gasteiger partial charge >= 0.3 is 0 Å². The van der Waals surface area contributed by atoms with Gasteiger partial charge in [0.05, 0.1) is 10.0 Å². The van der Waals surface area contributed by atoms with Crippen LogP contribution < -0.4 is 5.73 Å². The molecule has 0 saturated carbocycles. The van der Waals surface area contributed by atoms with E-state index in [0.717, 1.165) is 30.3 Å². The first-order chi connectivity index (χ1) is 8.08. The number of benzene rings is 1. The largest absolute Gasteiger partial charge is 0.398 e. The number of hydrogen-bond donors (Lipinski definition) is 1. The Labute approximate surface area is 117 Å². The van der Waals surface area contributed by atoms with Gasteiger partial charge in [0.1, 0.15) is 0 Å². The Morgan fingerprint density at radius 1 is 1.18 bits per heavy atom. The fourth-order valence-corrected chi connectivity index (χ4v) is 2.89. The van der Waals surface area contributed by atoms with E-state index in [1.54, 1.807) is 17.8 Å². The fraction of sp³-hybridized carbons (Fsp3) is 0.500. The molecule has 0 unspecified atom stereocenters. The minimum absolute atomic E-state index is 0.511. The molecule has 0 atom stereocenters. The van der Waals surface area contributed by atoms with E-state index in [0.29, 0.717) is 15.7 Å². The number of thioether (sulfide) groups is 1. The van der Waals surface area contributed by atoms with Gasteiger partial charge in [-0.15, -0.1) is 11.8 Å². The summed E-state index contributed by atoms with van der Waals surface area (Å²) in [6, 6.07) is 3.55. The van der Waals surface area contributed by atoms with Crippen molar-refractivity contribution in [1.29, 1.82) is 0 Å². The normalized spacial score (nSPS) is 11.1. The third-order valence-corrected chi connectivity index (χ3v) is 4.39. The van der Waals surface area contributed by atoms with Crippen LogP contribution in [0.2, 0.25) is 10.0 Å². The average molecular weight is 293 g/mol. The second-order valence-electron chi connectivity index (χ2n) is 3.68. The molecule has 2 N–H and O–H groups in total. The number of nitrogens with two attached hydrogens (primary N) is 1. The highest BCUT2D eigenvalue weighted by Crippen LogP contribution is 2.33. The van der Waals surface area contributed by atoms with Crippen LogP contribution in [0.1, 0.15) is 13.8 Å².